The molecule has 1 aromatic heterocycles. The molecule has 1 heterocycles. The molecule has 1 fully saturated rings. The lowest BCUT2D eigenvalue weighted by molar-refractivity contribution is 0.0678. The maximum absolute atomic E-state index is 10.5. The lowest BCUT2D eigenvalue weighted by atomic mass is 9.80. The summed E-state index contributed by atoms with van der Waals surface area (Å²) in [5.74, 6) is 0.551. The molecule has 1 N–H and O–H groups in total. The number of nitrogens with zero attached hydrogens (tertiary/aromatic N) is 1. The van der Waals surface area contributed by atoms with Gasteiger partial charge in [-0.2, -0.15) is 5.26 Å². The van der Waals surface area contributed by atoms with E-state index in [1.807, 2.05) is 6.07 Å². The number of hydrogen-bond donors (Lipinski definition) is 1. The highest BCUT2D eigenvalue weighted by Gasteiger charge is 2.44. The highest BCUT2D eigenvalue weighted by Crippen LogP contribution is 2.50. The van der Waals surface area contributed by atoms with Gasteiger partial charge < -0.3 is 5.11 Å². The van der Waals surface area contributed by atoms with Crippen LogP contribution in [0, 0.1) is 22.7 Å². The minimum atomic E-state index is -0.609. The molecule has 0 radical (unpaired) electrons. The van der Waals surface area contributed by atoms with Gasteiger partial charge in [-0.1, -0.05) is 13.8 Å². The van der Waals surface area contributed by atoms with Gasteiger partial charge in [0.05, 0.1) is 11.5 Å². The summed E-state index contributed by atoms with van der Waals surface area (Å²) in [6.07, 6.45) is 3.09. The monoisotopic (exact) mass is 249 g/mol. The van der Waals surface area contributed by atoms with Gasteiger partial charge in [0, 0.05) is 9.75 Å². The zero-order valence-corrected chi connectivity index (χ0v) is 11.3. The van der Waals surface area contributed by atoms with Crippen molar-refractivity contribution < 1.29 is 5.11 Å². The van der Waals surface area contributed by atoms with Crippen molar-refractivity contribution in [1.29, 1.82) is 5.26 Å². The van der Waals surface area contributed by atoms with E-state index in [4.69, 9.17) is 0 Å². The topological polar surface area (TPSA) is 44.0 Å². The molecule has 3 atom stereocenters. The Labute approximate surface area is 107 Å². The SMILES string of the molecule is CCc1ccc(C(O)C2(C#N)CCC(C)C2)s1. The minimum Gasteiger partial charge on any atom is -0.386 e. The normalized spacial score (nSPS) is 30.1. The maximum Gasteiger partial charge on any atom is 0.107 e. The van der Waals surface area contributed by atoms with E-state index in [0.29, 0.717) is 5.92 Å². The summed E-state index contributed by atoms with van der Waals surface area (Å²) < 4.78 is 0. The van der Waals surface area contributed by atoms with Gasteiger partial charge >= 0.3 is 0 Å². The van der Waals surface area contributed by atoms with Gasteiger partial charge in [-0.15, -0.1) is 11.3 Å². The molecule has 3 unspecified atom stereocenters. The zero-order valence-electron chi connectivity index (χ0n) is 10.4. The molecule has 1 aliphatic carbocycles. The first-order chi connectivity index (χ1) is 8.11. The lowest BCUT2D eigenvalue weighted by Crippen LogP contribution is -2.23. The first kappa shape index (κ1) is 12.6. The second-order valence-electron chi connectivity index (χ2n) is 5.18. The van der Waals surface area contributed by atoms with Crippen LogP contribution >= 0.6 is 11.3 Å². The molecule has 17 heavy (non-hydrogen) atoms. The fourth-order valence-corrected chi connectivity index (χ4v) is 3.80. The van der Waals surface area contributed by atoms with E-state index in [1.54, 1.807) is 11.3 Å². The van der Waals surface area contributed by atoms with Gasteiger partial charge in [0.15, 0.2) is 0 Å². The Bertz CT molecular complexity index is 434. The number of rotatable bonds is 3. The molecular formula is C14H19NOS. The third-order valence-electron chi connectivity index (χ3n) is 3.84. The lowest BCUT2D eigenvalue weighted by Gasteiger charge is -2.26. The van der Waals surface area contributed by atoms with Gasteiger partial charge in [0.1, 0.15) is 6.10 Å². The number of thiophene rings is 1. The van der Waals surface area contributed by atoms with Crippen LogP contribution in [0.1, 0.15) is 49.0 Å². The summed E-state index contributed by atoms with van der Waals surface area (Å²) >= 11 is 1.64. The van der Waals surface area contributed by atoms with Crippen molar-refractivity contribution in [3.8, 4) is 6.07 Å². The molecule has 0 aromatic carbocycles. The van der Waals surface area contributed by atoms with Crippen LogP contribution in [-0.4, -0.2) is 5.11 Å². The predicted octanol–water partition coefficient (Wildman–Crippen LogP) is 3.67. The van der Waals surface area contributed by atoms with Crippen LogP contribution < -0.4 is 0 Å². The Morgan fingerprint density at radius 2 is 2.41 bits per heavy atom. The second kappa shape index (κ2) is 4.80. The number of aryl methyl sites for hydroxylation is 1. The first-order valence-corrected chi connectivity index (χ1v) is 7.11. The Hall–Kier alpha value is -0.850. The third kappa shape index (κ3) is 2.25. The predicted molar refractivity (Wildman–Crippen MR) is 69.7 cm³/mol. The molecule has 0 amide bonds. The molecule has 1 saturated carbocycles. The molecule has 2 rings (SSSR count). The van der Waals surface area contributed by atoms with E-state index in [2.05, 4.69) is 26.0 Å². The molecule has 2 nitrogen and oxygen atoms in total. The zero-order chi connectivity index (χ0) is 12.5. The second-order valence-corrected chi connectivity index (χ2v) is 6.38. The molecule has 92 valence electrons. The maximum atomic E-state index is 10.5. The van der Waals surface area contributed by atoms with Crippen LogP contribution in [0.4, 0.5) is 0 Å². The van der Waals surface area contributed by atoms with E-state index in [9.17, 15) is 10.4 Å². The summed E-state index contributed by atoms with van der Waals surface area (Å²) in [4.78, 5) is 2.23. The summed E-state index contributed by atoms with van der Waals surface area (Å²) in [6, 6.07) is 6.43. The van der Waals surface area contributed by atoms with Gasteiger partial charge in [-0.25, -0.2) is 0 Å². The molecule has 1 aromatic rings. The van der Waals surface area contributed by atoms with Crippen LogP contribution in [-0.2, 0) is 6.42 Å². The number of hydrogen-bond acceptors (Lipinski definition) is 3. The van der Waals surface area contributed by atoms with Crippen molar-refractivity contribution in [3.63, 3.8) is 0 Å². The standard InChI is InChI=1S/C14H19NOS/c1-3-11-4-5-12(17-11)13(16)14(9-15)7-6-10(2)8-14/h4-5,10,13,16H,3,6-8H2,1-2H3. The van der Waals surface area contributed by atoms with Crippen molar-refractivity contribution >= 4 is 11.3 Å². The van der Waals surface area contributed by atoms with Gasteiger partial charge in [-0.05, 0) is 43.7 Å². The van der Waals surface area contributed by atoms with Crippen molar-refractivity contribution in [2.75, 3.05) is 0 Å². The molecule has 1 aliphatic rings. The fourth-order valence-electron chi connectivity index (χ4n) is 2.74. The van der Waals surface area contributed by atoms with Crippen LogP contribution in [0.2, 0.25) is 0 Å². The number of aliphatic hydroxyl groups excluding tert-OH is 1. The highest BCUT2D eigenvalue weighted by atomic mass is 32.1. The summed E-state index contributed by atoms with van der Waals surface area (Å²) in [6.45, 7) is 4.28. The van der Waals surface area contributed by atoms with E-state index < -0.39 is 11.5 Å². The van der Waals surface area contributed by atoms with Crippen molar-refractivity contribution in [3.05, 3.63) is 21.9 Å². The van der Waals surface area contributed by atoms with Crippen molar-refractivity contribution in [2.45, 2.75) is 45.6 Å². The van der Waals surface area contributed by atoms with E-state index in [1.165, 1.54) is 4.88 Å². The van der Waals surface area contributed by atoms with Gasteiger partial charge in [0.25, 0.3) is 0 Å². The van der Waals surface area contributed by atoms with Gasteiger partial charge in [-0.3, -0.25) is 0 Å². The van der Waals surface area contributed by atoms with Crippen LogP contribution in [0.3, 0.4) is 0 Å². The third-order valence-corrected chi connectivity index (χ3v) is 5.12. The molecule has 0 bridgehead atoms. The molecular weight excluding hydrogens is 230 g/mol. The van der Waals surface area contributed by atoms with E-state index >= 15 is 0 Å². The molecule has 0 aliphatic heterocycles. The van der Waals surface area contributed by atoms with Crippen LogP contribution in [0.5, 0.6) is 0 Å². The summed E-state index contributed by atoms with van der Waals surface area (Å²) in [5.41, 5.74) is -0.546. The summed E-state index contributed by atoms with van der Waals surface area (Å²) in [7, 11) is 0. The molecule has 3 heteroatoms. The minimum absolute atomic E-state index is 0.546. The average Bonchev–Trinajstić information content (AvgIpc) is 2.95. The Morgan fingerprint density at radius 3 is 2.88 bits per heavy atom. The smallest absolute Gasteiger partial charge is 0.107 e. The van der Waals surface area contributed by atoms with Crippen molar-refractivity contribution in [2.24, 2.45) is 11.3 Å². The van der Waals surface area contributed by atoms with E-state index in [0.717, 1.165) is 30.6 Å². The first-order valence-electron chi connectivity index (χ1n) is 6.29. The Morgan fingerprint density at radius 1 is 1.65 bits per heavy atom. The fraction of sp³-hybridized carbons (Fsp3) is 0.643. The van der Waals surface area contributed by atoms with Crippen LogP contribution in [0.25, 0.3) is 0 Å². The van der Waals surface area contributed by atoms with Crippen LogP contribution in [0.15, 0.2) is 12.1 Å². The largest absolute Gasteiger partial charge is 0.386 e. The number of nitriles is 1. The molecule has 0 saturated heterocycles. The van der Waals surface area contributed by atoms with Gasteiger partial charge in [0.2, 0.25) is 0 Å². The Kier molecular flexibility index (Phi) is 3.56. The quantitative estimate of drug-likeness (QED) is 0.888. The number of aliphatic hydroxyl groups is 1. The molecule has 0 spiro atoms. The summed E-state index contributed by atoms with van der Waals surface area (Å²) in [5, 5.41) is 19.9. The highest BCUT2D eigenvalue weighted by molar-refractivity contribution is 7.12. The average molecular weight is 249 g/mol. The Balaban J connectivity index is 2.24. The van der Waals surface area contributed by atoms with Crippen molar-refractivity contribution in [1.82, 2.24) is 0 Å². The van der Waals surface area contributed by atoms with E-state index in [-0.39, 0.29) is 0 Å².